The number of benzene rings is 8. The van der Waals surface area contributed by atoms with Crippen molar-refractivity contribution in [1.82, 2.24) is 0 Å². The molecule has 0 saturated heterocycles. The largest absolute Gasteiger partial charge is 0.310 e. The van der Waals surface area contributed by atoms with E-state index in [0.29, 0.717) is 0 Å². The standard InChI is InChI=1S/C53H41N/c1-3-17-38(18-4-1)39-29-31-41(32-30-39)54(42-33-34-48-47-25-11-13-27-50(47)53(51(48)37-42)35-15-16-36-53)52-28-14-12-26-49(52)46-24-10-9-23-45(46)44-22-8-7-21-43(44)40-19-5-2-6-20-40/h1-14,17-34,37H,15-16,35-36H2. The van der Waals surface area contributed by atoms with Crippen LogP contribution in [0.15, 0.2) is 200 Å². The van der Waals surface area contributed by atoms with E-state index in [1.165, 1.54) is 98.1 Å². The van der Waals surface area contributed by atoms with Gasteiger partial charge in [0.1, 0.15) is 0 Å². The third-order valence-corrected chi connectivity index (χ3v) is 11.9. The third-order valence-electron chi connectivity index (χ3n) is 11.9. The van der Waals surface area contributed by atoms with Gasteiger partial charge >= 0.3 is 0 Å². The maximum Gasteiger partial charge on any atom is 0.0540 e. The Morgan fingerprint density at radius 3 is 1.46 bits per heavy atom. The van der Waals surface area contributed by atoms with E-state index in [4.69, 9.17) is 0 Å². The van der Waals surface area contributed by atoms with Crippen molar-refractivity contribution in [2.24, 2.45) is 0 Å². The summed E-state index contributed by atoms with van der Waals surface area (Å²) in [5.41, 5.74) is 19.1. The summed E-state index contributed by atoms with van der Waals surface area (Å²) >= 11 is 0. The summed E-state index contributed by atoms with van der Waals surface area (Å²) in [6.07, 6.45) is 4.95. The Kier molecular flexibility index (Phi) is 8.07. The van der Waals surface area contributed by atoms with Crippen molar-refractivity contribution >= 4 is 17.1 Å². The second-order valence-electron chi connectivity index (χ2n) is 14.8. The molecule has 2 aliphatic rings. The van der Waals surface area contributed by atoms with E-state index in [1.54, 1.807) is 0 Å². The molecule has 2 aliphatic carbocycles. The lowest BCUT2D eigenvalue weighted by Crippen LogP contribution is -2.21. The highest BCUT2D eigenvalue weighted by molar-refractivity contribution is 5.97. The van der Waals surface area contributed by atoms with E-state index in [2.05, 4.69) is 205 Å². The first kappa shape index (κ1) is 32.2. The fourth-order valence-corrected chi connectivity index (χ4v) is 9.40. The van der Waals surface area contributed by atoms with Crippen LogP contribution in [0.5, 0.6) is 0 Å². The lowest BCUT2D eigenvalue weighted by Gasteiger charge is -2.31. The van der Waals surface area contributed by atoms with Gasteiger partial charge in [0.15, 0.2) is 0 Å². The van der Waals surface area contributed by atoms with Crippen LogP contribution in [-0.4, -0.2) is 0 Å². The van der Waals surface area contributed by atoms with Gasteiger partial charge in [-0.15, -0.1) is 0 Å². The smallest absolute Gasteiger partial charge is 0.0540 e. The van der Waals surface area contributed by atoms with Crippen LogP contribution in [0, 0.1) is 0 Å². The van der Waals surface area contributed by atoms with Crippen molar-refractivity contribution in [3.8, 4) is 55.6 Å². The van der Waals surface area contributed by atoms with Crippen LogP contribution in [0.25, 0.3) is 55.6 Å². The Morgan fingerprint density at radius 1 is 0.315 bits per heavy atom. The van der Waals surface area contributed by atoms with Gasteiger partial charge in [0.2, 0.25) is 0 Å². The van der Waals surface area contributed by atoms with Crippen molar-refractivity contribution in [3.05, 3.63) is 211 Å². The highest BCUT2D eigenvalue weighted by Gasteiger charge is 2.45. The Morgan fingerprint density at radius 2 is 0.778 bits per heavy atom. The molecule has 54 heavy (non-hydrogen) atoms. The second kappa shape index (κ2) is 13.5. The van der Waals surface area contributed by atoms with Gasteiger partial charge in [-0.1, -0.05) is 183 Å². The molecule has 258 valence electrons. The number of hydrogen-bond donors (Lipinski definition) is 0. The van der Waals surface area contributed by atoms with Crippen LogP contribution < -0.4 is 4.90 Å². The minimum atomic E-state index is 0.0814. The molecule has 0 aromatic heterocycles. The molecule has 0 bridgehead atoms. The fraction of sp³-hybridized carbons (Fsp3) is 0.0943. The molecule has 8 aromatic rings. The van der Waals surface area contributed by atoms with Crippen molar-refractivity contribution < 1.29 is 0 Å². The molecule has 0 N–H and O–H groups in total. The van der Waals surface area contributed by atoms with Crippen molar-refractivity contribution in [2.45, 2.75) is 31.1 Å². The van der Waals surface area contributed by atoms with Crippen LogP contribution in [0.1, 0.15) is 36.8 Å². The molecular weight excluding hydrogens is 651 g/mol. The Balaban J connectivity index is 1.17. The average molecular weight is 692 g/mol. The molecule has 1 saturated carbocycles. The van der Waals surface area contributed by atoms with E-state index in [-0.39, 0.29) is 5.41 Å². The first-order valence-corrected chi connectivity index (χ1v) is 19.3. The zero-order valence-corrected chi connectivity index (χ0v) is 30.3. The van der Waals surface area contributed by atoms with Crippen molar-refractivity contribution in [3.63, 3.8) is 0 Å². The van der Waals surface area contributed by atoms with Crippen molar-refractivity contribution in [2.75, 3.05) is 4.90 Å². The molecule has 1 fully saturated rings. The summed E-state index contributed by atoms with van der Waals surface area (Å²) in [5.74, 6) is 0. The first-order chi connectivity index (χ1) is 26.8. The number of hydrogen-bond acceptors (Lipinski definition) is 1. The Hall–Kier alpha value is -6.44. The maximum atomic E-state index is 2.53. The summed E-state index contributed by atoms with van der Waals surface area (Å²) in [5, 5.41) is 0. The quantitative estimate of drug-likeness (QED) is 0.161. The Labute approximate surface area is 318 Å². The molecule has 8 aromatic carbocycles. The number of fused-ring (bicyclic) bond motifs is 5. The van der Waals surface area contributed by atoms with Crippen LogP contribution in [0.4, 0.5) is 17.1 Å². The van der Waals surface area contributed by atoms with Crippen LogP contribution in [-0.2, 0) is 5.41 Å². The predicted molar refractivity (Wildman–Crippen MR) is 228 cm³/mol. The lowest BCUT2D eigenvalue weighted by molar-refractivity contribution is 0.550. The van der Waals surface area contributed by atoms with Gasteiger partial charge in [-0.05, 0) is 104 Å². The molecule has 0 atom stereocenters. The van der Waals surface area contributed by atoms with E-state index in [1.807, 2.05) is 0 Å². The molecule has 0 aliphatic heterocycles. The van der Waals surface area contributed by atoms with Gasteiger partial charge in [0.05, 0.1) is 5.69 Å². The molecule has 10 rings (SSSR count). The van der Waals surface area contributed by atoms with Crippen LogP contribution in [0.3, 0.4) is 0 Å². The topological polar surface area (TPSA) is 3.24 Å². The van der Waals surface area contributed by atoms with Gasteiger partial charge in [0.25, 0.3) is 0 Å². The number of nitrogens with zero attached hydrogens (tertiary/aromatic N) is 1. The fourth-order valence-electron chi connectivity index (χ4n) is 9.40. The van der Waals surface area contributed by atoms with E-state index in [0.717, 1.165) is 11.4 Å². The van der Waals surface area contributed by atoms with Crippen LogP contribution >= 0.6 is 0 Å². The zero-order valence-electron chi connectivity index (χ0n) is 30.3. The van der Waals surface area contributed by atoms with Gasteiger partial charge < -0.3 is 4.90 Å². The molecule has 0 heterocycles. The summed E-state index contributed by atoms with van der Waals surface area (Å²) in [6.45, 7) is 0. The zero-order chi connectivity index (χ0) is 35.9. The van der Waals surface area contributed by atoms with Gasteiger partial charge in [-0.25, -0.2) is 0 Å². The minimum absolute atomic E-state index is 0.0814. The predicted octanol–water partition coefficient (Wildman–Crippen LogP) is 14.7. The molecule has 0 unspecified atom stereocenters. The van der Waals surface area contributed by atoms with Crippen molar-refractivity contribution in [1.29, 1.82) is 0 Å². The van der Waals surface area contributed by atoms with Gasteiger partial charge in [-0.3, -0.25) is 0 Å². The lowest BCUT2D eigenvalue weighted by atomic mass is 9.76. The van der Waals surface area contributed by atoms with Crippen LogP contribution in [0.2, 0.25) is 0 Å². The Bertz CT molecular complexity index is 2590. The normalized spacial score (nSPS) is 13.8. The monoisotopic (exact) mass is 691 g/mol. The summed E-state index contributed by atoms with van der Waals surface area (Å²) in [6, 6.07) is 73.7. The number of para-hydroxylation sites is 1. The first-order valence-electron chi connectivity index (χ1n) is 19.3. The molecule has 0 radical (unpaired) electrons. The highest BCUT2D eigenvalue weighted by Crippen LogP contribution is 2.58. The summed E-state index contributed by atoms with van der Waals surface area (Å²) in [4.78, 5) is 2.50. The van der Waals surface area contributed by atoms with E-state index < -0.39 is 0 Å². The second-order valence-corrected chi connectivity index (χ2v) is 14.8. The molecule has 1 nitrogen and oxygen atoms in total. The van der Waals surface area contributed by atoms with Gasteiger partial charge in [0, 0.05) is 22.4 Å². The summed E-state index contributed by atoms with van der Waals surface area (Å²) in [7, 11) is 0. The molecular formula is C53H41N. The summed E-state index contributed by atoms with van der Waals surface area (Å²) < 4.78 is 0. The van der Waals surface area contributed by atoms with E-state index >= 15 is 0 Å². The molecule has 1 heteroatoms. The number of anilines is 3. The maximum absolute atomic E-state index is 2.53. The minimum Gasteiger partial charge on any atom is -0.310 e. The molecule has 0 amide bonds. The average Bonchev–Trinajstić information content (AvgIpc) is 3.86. The molecule has 1 spiro atoms. The third kappa shape index (κ3) is 5.39. The highest BCUT2D eigenvalue weighted by atomic mass is 15.1. The number of rotatable bonds is 7. The van der Waals surface area contributed by atoms with E-state index in [9.17, 15) is 0 Å². The van der Waals surface area contributed by atoms with Gasteiger partial charge in [-0.2, -0.15) is 0 Å². The SMILES string of the molecule is c1ccc(-c2ccc(N(c3ccc4c(c3)C3(CCCC3)c3ccccc3-4)c3ccccc3-c3ccccc3-c3ccccc3-c3ccccc3)cc2)cc1.